The molecule has 0 saturated heterocycles. The monoisotopic (exact) mass is 330 g/mol. The molecule has 102 valence electrons. The number of benzene rings is 1. The number of carboxylic acid groups (broad SMARTS) is 1. The molecule has 1 atom stereocenters. The lowest BCUT2D eigenvalue weighted by molar-refractivity contribution is -0.384. The minimum atomic E-state index is -1.13. The number of carbonyl (C=O) groups excluding carboxylic acids is 1. The highest BCUT2D eigenvalue weighted by molar-refractivity contribution is 9.10. The van der Waals surface area contributed by atoms with Gasteiger partial charge in [0.05, 0.1) is 11.3 Å². The number of non-ortho nitro benzene ring substituents is 1. The van der Waals surface area contributed by atoms with Crippen LogP contribution in [0.15, 0.2) is 22.7 Å². The fraction of sp³-hybridized carbons (Fsp3) is 0.273. The summed E-state index contributed by atoms with van der Waals surface area (Å²) in [6.07, 6.45) is -0.0593. The zero-order chi connectivity index (χ0) is 14.6. The maximum atomic E-state index is 11.6. The van der Waals surface area contributed by atoms with Crippen molar-refractivity contribution in [3.8, 4) is 0 Å². The molecule has 1 aromatic carbocycles. The molecule has 0 aromatic heterocycles. The Labute approximate surface area is 116 Å². The summed E-state index contributed by atoms with van der Waals surface area (Å²) in [6, 6.07) is 3.05. The van der Waals surface area contributed by atoms with Crippen LogP contribution in [0.2, 0.25) is 0 Å². The van der Waals surface area contributed by atoms with Crippen LogP contribution in [0.5, 0.6) is 0 Å². The van der Waals surface area contributed by atoms with E-state index in [0.29, 0.717) is 10.0 Å². The molecule has 0 aliphatic rings. The highest BCUT2D eigenvalue weighted by Crippen LogP contribution is 2.23. The molecule has 19 heavy (non-hydrogen) atoms. The van der Waals surface area contributed by atoms with E-state index in [4.69, 9.17) is 5.11 Å². The van der Waals surface area contributed by atoms with E-state index in [2.05, 4.69) is 21.2 Å². The molecule has 0 fully saturated rings. The van der Waals surface area contributed by atoms with E-state index in [1.807, 2.05) is 0 Å². The van der Waals surface area contributed by atoms with Gasteiger partial charge in [-0.2, -0.15) is 0 Å². The molecule has 0 saturated carbocycles. The van der Waals surface area contributed by atoms with Gasteiger partial charge in [-0.15, -0.1) is 0 Å². The van der Waals surface area contributed by atoms with Gasteiger partial charge in [-0.1, -0.05) is 22.0 Å². The summed E-state index contributed by atoms with van der Waals surface area (Å²) in [6.45, 7) is 1.35. The van der Waals surface area contributed by atoms with Crippen LogP contribution in [-0.2, 0) is 16.0 Å². The Morgan fingerprint density at radius 1 is 1.53 bits per heavy atom. The third-order valence-electron chi connectivity index (χ3n) is 2.35. The first kappa shape index (κ1) is 15.1. The van der Waals surface area contributed by atoms with E-state index in [-0.39, 0.29) is 12.1 Å². The van der Waals surface area contributed by atoms with Gasteiger partial charge >= 0.3 is 5.97 Å². The van der Waals surface area contributed by atoms with Crippen LogP contribution in [0.25, 0.3) is 0 Å². The van der Waals surface area contributed by atoms with Crippen LogP contribution in [0, 0.1) is 10.1 Å². The first-order valence-electron chi connectivity index (χ1n) is 5.26. The topological polar surface area (TPSA) is 110 Å². The normalized spacial score (nSPS) is 11.7. The van der Waals surface area contributed by atoms with Crippen LogP contribution in [0.1, 0.15) is 12.5 Å². The average Bonchev–Trinajstić information content (AvgIpc) is 2.31. The smallest absolute Gasteiger partial charge is 0.325 e. The van der Waals surface area contributed by atoms with Crippen molar-refractivity contribution in [1.29, 1.82) is 0 Å². The van der Waals surface area contributed by atoms with E-state index in [1.165, 1.54) is 25.1 Å². The van der Waals surface area contributed by atoms with Crippen LogP contribution >= 0.6 is 15.9 Å². The molecule has 0 aliphatic heterocycles. The van der Waals surface area contributed by atoms with Gasteiger partial charge < -0.3 is 10.4 Å². The molecule has 1 rings (SSSR count). The molecule has 8 heteroatoms. The van der Waals surface area contributed by atoms with E-state index < -0.39 is 22.8 Å². The molecule has 1 aromatic rings. The van der Waals surface area contributed by atoms with Crippen molar-refractivity contribution in [1.82, 2.24) is 5.32 Å². The molecule has 7 nitrogen and oxygen atoms in total. The quantitative estimate of drug-likeness (QED) is 0.627. The number of rotatable bonds is 5. The van der Waals surface area contributed by atoms with Gasteiger partial charge in [-0.05, 0) is 12.5 Å². The maximum Gasteiger partial charge on any atom is 0.325 e. The number of halogens is 1. The number of amides is 1. The molecule has 0 aliphatic carbocycles. The van der Waals surface area contributed by atoms with Crippen LogP contribution < -0.4 is 5.32 Å². The summed E-state index contributed by atoms with van der Waals surface area (Å²) in [5, 5.41) is 21.5. The Kier molecular flexibility index (Phi) is 4.99. The van der Waals surface area contributed by atoms with Gasteiger partial charge in [-0.3, -0.25) is 19.7 Å². The van der Waals surface area contributed by atoms with Gasteiger partial charge in [-0.25, -0.2) is 0 Å². The number of carbonyl (C=O) groups is 2. The number of nitro groups is 1. The molecular weight excluding hydrogens is 320 g/mol. The minimum Gasteiger partial charge on any atom is -0.480 e. The molecule has 0 heterocycles. The number of nitro benzene ring substituents is 1. The number of hydrogen-bond donors (Lipinski definition) is 2. The molecule has 0 unspecified atom stereocenters. The minimum absolute atomic E-state index is 0.0593. The van der Waals surface area contributed by atoms with E-state index >= 15 is 0 Å². The summed E-state index contributed by atoms with van der Waals surface area (Å²) in [5.74, 6) is -1.60. The Bertz CT molecular complexity index is 532. The number of carboxylic acids is 1. The summed E-state index contributed by atoms with van der Waals surface area (Å²) in [4.78, 5) is 32.2. The van der Waals surface area contributed by atoms with Gasteiger partial charge in [0.2, 0.25) is 5.91 Å². The fourth-order valence-corrected chi connectivity index (χ4v) is 1.83. The first-order valence-corrected chi connectivity index (χ1v) is 6.05. The Hall–Kier alpha value is -1.96. The highest BCUT2D eigenvalue weighted by atomic mass is 79.9. The van der Waals surface area contributed by atoms with Gasteiger partial charge in [0, 0.05) is 16.6 Å². The van der Waals surface area contributed by atoms with Crippen molar-refractivity contribution in [2.75, 3.05) is 0 Å². The van der Waals surface area contributed by atoms with Gasteiger partial charge in [0.1, 0.15) is 6.04 Å². The van der Waals surface area contributed by atoms with Gasteiger partial charge in [0.15, 0.2) is 0 Å². The van der Waals surface area contributed by atoms with E-state index in [9.17, 15) is 19.7 Å². The van der Waals surface area contributed by atoms with Crippen LogP contribution in [0.3, 0.4) is 0 Å². The predicted octanol–water partition coefficient (Wildman–Crippen LogP) is 1.49. The standard InChI is InChI=1S/C11H11BrN2O5/c1-6(11(16)17)13-10(15)4-7-2-3-8(14(18)19)5-9(7)12/h2-3,5-6H,4H2,1H3,(H,13,15)(H,16,17)/t6-/m0/s1. The van der Waals surface area contributed by atoms with Crippen molar-refractivity contribution >= 4 is 33.5 Å². The summed E-state index contributed by atoms with van der Waals surface area (Å²) < 4.78 is 0.430. The first-order chi connectivity index (χ1) is 8.81. The Morgan fingerprint density at radius 3 is 2.63 bits per heavy atom. The lowest BCUT2D eigenvalue weighted by Gasteiger charge is -2.09. The van der Waals surface area contributed by atoms with Crippen molar-refractivity contribution in [2.24, 2.45) is 0 Å². The van der Waals surface area contributed by atoms with Crippen molar-refractivity contribution in [3.05, 3.63) is 38.3 Å². The number of nitrogens with one attached hydrogen (secondary N) is 1. The van der Waals surface area contributed by atoms with Crippen molar-refractivity contribution < 1.29 is 19.6 Å². The summed E-state index contributed by atoms with van der Waals surface area (Å²) in [7, 11) is 0. The zero-order valence-electron chi connectivity index (χ0n) is 9.92. The second kappa shape index (κ2) is 6.28. The van der Waals surface area contributed by atoms with Gasteiger partial charge in [0.25, 0.3) is 5.69 Å². The summed E-state index contributed by atoms with van der Waals surface area (Å²) >= 11 is 3.14. The van der Waals surface area contributed by atoms with Crippen molar-refractivity contribution in [2.45, 2.75) is 19.4 Å². The summed E-state index contributed by atoms with van der Waals surface area (Å²) in [5.41, 5.74) is 0.454. The zero-order valence-corrected chi connectivity index (χ0v) is 11.5. The lowest BCUT2D eigenvalue weighted by atomic mass is 10.1. The van der Waals surface area contributed by atoms with Crippen LogP contribution in [0.4, 0.5) is 5.69 Å². The predicted molar refractivity (Wildman–Crippen MR) is 69.7 cm³/mol. The molecule has 0 bridgehead atoms. The molecule has 0 radical (unpaired) electrons. The third-order valence-corrected chi connectivity index (χ3v) is 3.08. The largest absolute Gasteiger partial charge is 0.480 e. The second-order valence-corrected chi connectivity index (χ2v) is 4.69. The molecule has 1 amide bonds. The Balaban J connectivity index is 2.75. The second-order valence-electron chi connectivity index (χ2n) is 3.84. The third kappa shape index (κ3) is 4.32. The van der Waals surface area contributed by atoms with Crippen LogP contribution in [-0.4, -0.2) is 27.9 Å². The SMILES string of the molecule is C[C@H](NC(=O)Cc1ccc([N+](=O)[O-])cc1Br)C(=O)O. The highest BCUT2D eigenvalue weighted by Gasteiger charge is 2.16. The van der Waals surface area contributed by atoms with E-state index in [0.717, 1.165) is 0 Å². The number of aliphatic carboxylic acids is 1. The average molecular weight is 331 g/mol. The molecule has 2 N–H and O–H groups in total. The maximum absolute atomic E-state index is 11.6. The number of hydrogen-bond acceptors (Lipinski definition) is 4. The fourth-order valence-electron chi connectivity index (χ4n) is 1.32. The lowest BCUT2D eigenvalue weighted by Crippen LogP contribution is -2.39. The van der Waals surface area contributed by atoms with Crippen molar-refractivity contribution in [3.63, 3.8) is 0 Å². The van der Waals surface area contributed by atoms with E-state index in [1.54, 1.807) is 0 Å². The Morgan fingerprint density at radius 2 is 2.16 bits per heavy atom. The number of nitrogens with zero attached hydrogens (tertiary/aromatic N) is 1. The molecule has 0 spiro atoms. The molecular formula is C11H11BrN2O5.